The van der Waals surface area contributed by atoms with Crippen LogP contribution in [-0.2, 0) is 0 Å². The normalized spacial score (nSPS) is 14.7. The van der Waals surface area contributed by atoms with E-state index < -0.39 is 0 Å². The van der Waals surface area contributed by atoms with Gasteiger partial charge in [0.05, 0.1) is 0 Å². The molecule has 0 saturated carbocycles. The van der Waals surface area contributed by atoms with Gasteiger partial charge in [-0.15, -0.1) is 0 Å². The quantitative estimate of drug-likeness (QED) is 0.0872. The largest absolute Gasteiger partial charge is 0.0723 e. The first-order valence-electron chi connectivity index (χ1n) is 18.2. The molecule has 0 amide bonds. The molecule has 0 atom stereocenters. The lowest BCUT2D eigenvalue weighted by atomic mass is 9.89. The minimum atomic E-state index is 1.20. The fourth-order valence-corrected chi connectivity index (χ4v) is 6.54. The van der Waals surface area contributed by atoms with E-state index in [0.29, 0.717) is 0 Å². The van der Waals surface area contributed by atoms with Crippen LogP contribution in [0.2, 0.25) is 0 Å². The topological polar surface area (TPSA) is 0 Å². The summed E-state index contributed by atoms with van der Waals surface area (Å²) in [7, 11) is 0. The second-order valence-corrected chi connectivity index (χ2v) is 12.9. The second-order valence-electron chi connectivity index (χ2n) is 12.9. The van der Waals surface area contributed by atoms with Crippen LogP contribution < -0.4 is 0 Å². The van der Waals surface area contributed by atoms with E-state index in [1.54, 1.807) is 16.7 Å². The van der Waals surface area contributed by atoms with Crippen LogP contribution in [0, 0.1) is 0 Å². The summed E-state index contributed by atoms with van der Waals surface area (Å²) in [6.45, 7) is 4.61. The van der Waals surface area contributed by atoms with E-state index in [0.717, 1.165) is 0 Å². The summed E-state index contributed by atoms with van der Waals surface area (Å²) >= 11 is 0. The first-order chi connectivity index (χ1) is 19.3. The predicted octanol–water partition coefficient (Wildman–Crippen LogP) is 14.1. The van der Waals surface area contributed by atoms with Gasteiger partial charge >= 0.3 is 0 Å². The summed E-state index contributed by atoms with van der Waals surface area (Å²) in [5, 5.41) is 0. The first-order valence-corrected chi connectivity index (χ1v) is 18.2. The standard InChI is InChI=1S/C39H68/c1-3-5-7-9-11-13-15-17-19-21-23-25-27-29-36-31-34-39-37(32-33-38(39)35-36)30-28-26-24-22-20-18-16-14-12-10-8-6-4-2/h32-35H,3-31H2,1-2H3. The van der Waals surface area contributed by atoms with Gasteiger partial charge in [0.1, 0.15) is 0 Å². The first kappa shape index (κ1) is 34.2. The molecule has 0 bridgehead atoms. The van der Waals surface area contributed by atoms with Crippen molar-refractivity contribution >= 4 is 0 Å². The van der Waals surface area contributed by atoms with Gasteiger partial charge in [0.25, 0.3) is 0 Å². The lowest BCUT2D eigenvalue weighted by molar-refractivity contribution is 0.539. The Labute approximate surface area is 246 Å². The van der Waals surface area contributed by atoms with Crippen LogP contribution in [0.3, 0.4) is 0 Å². The maximum Gasteiger partial charge on any atom is -0.0126 e. The van der Waals surface area contributed by atoms with Gasteiger partial charge in [-0.3, -0.25) is 0 Å². The molecule has 0 aromatic heterocycles. The molecule has 224 valence electrons. The zero-order valence-corrected chi connectivity index (χ0v) is 26.8. The summed E-state index contributed by atoms with van der Waals surface area (Å²) in [6, 6.07) is 0. The Balaban J connectivity index is 1.38. The predicted molar refractivity (Wildman–Crippen MR) is 178 cm³/mol. The molecule has 0 N–H and O–H groups in total. The Morgan fingerprint density at radius 3 is 1.26 bits per heavy atom. The molecular formula is C39H68. The van der Waals surface area contributed by atoms with Crippen molar-refractivity contribution in [3.8, 4) is 0 Å². The lowest BCUT2D eigenvalue weighted by Gasteiger charge is -2.16. The van der Waals surface area contributed by atoms with E-state index in [4.69, 9.17) is 0 Å². The van der Waals surface area contributed by atoms with Crippen LogP contribution >= 0.6 is 0 Å². The Bertz CT molecular complexity index is 700. The maximum atomic E-state index is 2.55. The molecule has 2 aliphatic rings. The molecule has 0 saturated heterocycles. The van der Waals surface area contributed by atoms with Crippen molar-refractivity contribution in [2.75, 3.05) is 0 Å². The number of hydrogen-bond acceptors (Lipinski definition) is 0. The van der Waals surface area contributed by atoms with Gasteiger partial charge in [-0.05, 0) is 48.8 Å². The number of hydrogen-bond donors (Lipinski definition) is 0. The van der Waals surface area contributed by atoms with Crippen molar-refractivity contribution in [2.45, 2.75) is 200 Å². The monoisotopic (exact) mass is 537 g/mol. The second kappa shape index (κ2) is 24.7. The van der Waals surface area contributed by atoms with Crippen molar-refractivity contribution in [3.63, 3.8) is 0 Å². The molecule has 0 radical (unpaired) electrons. The van der Waals surface area contributed by atoms with Gasteiger partial charge in [0.15, 0.2) is 0 Å². The number of fused-ring (bicyclic) bond motifs is 1. The van der Waals surface area contributed by atoms with E-state index in [-0.39, 0.29) is 0 Å². The van der Waals surface area contributed by atoms with Gasteiger partial charge in [-0.25, -0.2) is 0 Å². The third-order valence-electron chi connectivity index (χ3n) is 9.20. The van der Waals surface area contributed by atoms with E-state index in [1.807, 2.05) is 0 Å². The third-order valence-corrected chi connectivity index (χ3v) is 9.20. The van der Waals surface area contributed by atoms with Crippen molar-refractivity contribution in [1.29, 1.82) is 0 Å². The zero-order valence-electron chi connectivity index (χ0n) is 26.8. The minimum Gasteiger partial charge on any atom is -0.0723 e. The van der Waals surface area contributed by atoms with Gasteiger partial charge in [-0.2, -0.15) is 0 Å². The number of allylic oxidation sites excluding steroid dienone is 8. The third kappa shape index (κ3) is 17.4. The van der Waals surface area contributed by atoms with E-state index >= 15 is 0 Å². The van der Waals surface area contributed by atoms with Gasteiger partial charge < -0.3 is 0 Å². The fourth-order valence-electron chi connectivity index (χ4n) is 6.54. The molecule has 0 unspecified atom stereocenters. The molecule has 39 heavy (non-hydrogen) atoms. The summed E-state index contributed by atoms with van der Waals surface area (Å²) in [5.41, 5.74) is 6.37. The van der Waals surface area contributed by atoms with Crippen LogP contribution in [0.1, 0.15) is 200 Å². The van der Waals surface area contributed by atoms with Crippen molar-refractivity contribution in [3.05, 3.63) is 46.6 Å². The van der Waals surface area contributed by atoms with Crippen molar-refractivity contribution in [2.24, 2.45) is 0 Å². The molecule has 2 rings (SSSR count). The SMILES string of the molecule is CCCCCCCCCCCCCCCC1=CC2=CC=C(CCCCCCCCCCCCCCC)C2=CC1. The van der Waals surface area contributed by atoms with Crippen molar-refractivity contribution in [1.82, 2.24) is 0 Å². The van der Waals surface area contributed by atoms with Crippen LogP contribution in [0.25, 0.3) is 0 Å². The number of unbranched alkanes of at least 4 members (excludes halogenated alkanes) is 24. The Hall–Kier alpha value is -1.04. The van der Waals surface area contributed by atoms with E-state index in [2.05, 4.69) is 38.2 Å². The van der Waals surface area contributed by atoms with E-state index in [1.165, 1.54) is 192 Å². The number of rotatable bonds is 28. The lowest BCUT2D eigenvalue weighted by Crippen LogP contribution is -1.97. The highest BCUT2D eigenvalue weighted by molar-refractivity contribution is 5.62. The van der Waals surface area contributed by atoms with Gasteiger partial charge in [0, 0.05) is 0 Å². The molecule has 0 heterocycles. The van der Waals surface area contributed by atoms with Gasteiger partial charge in [-0.1, -0.05) is 198 Å². The van der Waals surface area contributed by atoms with Crippen LogP contribution in [0.4, 0.5) is 0 Å². The molecule has 0 heteroatoms. The molecule has 0 aromatic rings. The van der Waals surface area contributed by atoms with Gasteiger partial charge in [0.2, 0.25) is 0 Å². The van der Waals surface area contributed by atoms with Crippen LogP contribution in [0.15, 0.2) is 46.6 Å². The summed E-state index contributed by atoms with van der Waals surface area (Å²) < 4.78 is 0. The molecular weight excluding hydrogens is 468 g/mol. The fraction of sp³-hybridized carbons (Fsp3) is 0.795. The molecule has 0 fully saturated rings. The molecule has 0 aliphatic heterocycles. The minimum absolute atomic E-state index is 1.20. The highest BCUT2D eigenvalue weighted by Gasteiger charge is 2.17. The molecule has 0 spiro atoms. The maximum absolute atomic E-state index is 2.55. The Kier molecular flexibility index (Phi) is 21.7. The molecule has 2 aliphatic carbocycles. The molecule has 0 aromatic carbocycles. The molecule has 0 nitrogen and oxygen atoms in total. The highest BCUT2D eigenvalue weighted by atomic mass is 14.2. The summed E-state index contributed by atoms with van der Waals surface area (Å²) in [5.74, 6) is 0. The highest BCUT2D eigenvalue weighted by Crippen LogP contribution is 2.36. The average Bonchev–Trinajstić information content (AvgIpc) is 3.36. The smallest absolute Gasteiger partial charge is 0.0126 e. The van der Waals surface area contributed by atoms with Crippen LogP contribution in [-0.4, -0.2) is 0 Å². The summed E-state index contributed by atoms with van der Waals surface area (Å²) in [6.07, 6.45) is 51.2. The summed E-state index contributed by atoms with van der Waals surface area (Å²) in [4.78, 5) is 0. The Morgan fingerprint density at radius 2 is 0.821 bits per heavy atom. The van der Waals surface area contributed by atoms with Crippen molar-refractivity contribution < 1.29 is 0 Å². The Morgan fingerprint density at radius 1 is 0.436 bits per heavy atom. The average molecular weight is 537 g/mol. The van der Waals surface area contributed by atoms with E-state index in [9.17, 15) is 0 Å². The van der Waals surface area contributed by atoms with Crippen LogP contribution in [0.5, 0.6) is 0 Å². The zero-order chi connectivity index (χ0) is 27.6.